The minimum Gasteiger partial charge on any atom is -0.405 e. The highest BCUT2D eigenvalue weighted by atomic mass is 32.2. The molecular formula is C34H44N2O4SSi. The molecule has 8 heteroatoms. The van der Waals surface area contributed by atoms with Crippen LogP contribution < -0.4 is 10.4 Å². The van der Waals surface area contributed by atoms with Gasteiger partial charge in [-0.2, -0.15) is 4.31 Å². The predicted octanol–water partition coefficient (Wildman–Crippen LogP) is 5.13. The van der Waals surface area contributed by atoms with E-state index in [0.29, 0.717) is 0 Å². The number of rotatable bonds is 12. The molecule has 1 aliphatic heterocycles. The number of aryl methyl sites for hydroxylation is 1. The summed E-state index contributed by atoms with van der Waals surface area (Å²) in [6.07, 6.45) is 3.72. The molecule has 3 aromatic carbocycles. The smallest absolute Gasteiger partial charge is 0.261 e. The van der Waals surface area contributed by atoms with Gasteiger partial charge in [-0.05, 0) is 47.3 Å². The summed E-state index contributed by atoms with van der Waals surface area (Å²) in [6, 6.07) is 26.7. The van der Waals surface area contributed by atoms with Crippen molar-refractivity contribution in [2.45, 2.75) is 62.9 Å². The van der Waals surface area contributed by atoms with E-state index in [1.165, 1.54) is 4.31 Å². The third-order valence-electron chi connectivity index (χ3n) is 8.16. The third-order valence-corrected chi connectivity index (χ3v) is 15.1. The van der Waals surface area contributed by atoms with Gasteiger partial charge in [0.1, 0.15) is 0 Å². The summed E-state index contributed by atoms with van der Waals surface area (Å²) >= 11 is 0. The molecule has 224 valence electrons. The molecule has 0 saturated carbocycles. The molecule has 0 aromatic heterocycles. The highest BCUT2D eigenvalue weighted by Crippen LogP contribution is 2.37. The van der Waals surface area contributed by atoms with Crippen LogP contribution in [0.5, 0.6) is 0 Å². The molecule has 1 aliphatic rings. The number of nitrogens with zero attached hydrogens (tertiary/aromatic N) is 2. The van der Waals surface area contributed by atoms with E-state index in [9.17, 15) is 13.2 Å². The molecule has 0 N–H and O–H groups in total. The zero-order valence-corrected chi connectivity index (χ0v) is 27.1. The summed E-state index contributed by atoms with van der Waals surface area (Å²) in [5.74, 6) is -0.0210. The van der Waals surface area contributed by atoms with Gasteiger partial charge in [0.15, 0.2) is 0 Å². The molecule has 6 nitrogen and oxygen atoms in total. The number of amides is 1. The number of carbonyl (C=O) groups excluding carboxylic acids is 1. The molecule has 1 heterocycles. The van der Waals surface area contributed by atoms with Crippen LogP contribution in [-0.2, 0) is 19.2 Å². The van der Waals surface area contributed by atoms with Crippen LogP contribution in [0, 0.1) is 6.92 Å². The second kappa shape index (κ2) is 13.5. The zero-order valence-electron chi connectivity index (χ0n) is 25.3. The number of benzene rings is 3. The first-order chi connectivity index (χ1) is 20.0. The Hall–Kier alpha value is -3.04. The van der Waals surface area contributed by atoms with Gasteiger partial charge in [-0.3, -0.25) is 4.79 Å². The number of hydrogen-bond acceptors (Lipinski definition) is 4. The average molecular weight is 605 g/mol. The predicted molar refractivity (Wildman–Crippen MR) is 173 cm³/mol. The molecule has 1 saturated heterocycles. The average Bonchev–Trinajstić information content (AvgIpc) is 3.52. The Balaban J connectivity index is 1.73. The van der Waals surface area contributed by atoms with Gasteiger partial charge in [-0.1, -0.05) is 105 Å². The molecule has 0 spiro atoms. The summed E-state index contributed by atoms with van der Waals surface area (Å²) in [7, 11) is -6.88. The molecule has 4 rings (SSSR count). The van der Waals surface area contributed by atoms with Gasteiger partial charge in [0.25, 0.3) is 8.32 Å². The molecule has 0 unspecified atom stereocenters. The van der Waals surface area contributed by atoms with Crippen molar-refractivity contribution in [3.05, 3.63) is 103 Å². The maximum Gasteiger partial charge on any atom is 0.261 e. The van der Waals surface area contributed by atoms with Crippen LogP contribution in [0.2, 0.25) is 5.04 Å². The molecular weight excluding hydrogens is 561 g/mol. The van der Waals surface area contributed by atoms with Gasteiger partial charge in [0.05, 0.1) is 17.5 Å². The number of sulfonamides is 1. The fourth-order valence-corrected chi connectivity index (χ4v) is 12.0. The van der Waals surface area contributed by atoms with Crippen molar-refractivity contribution in [2.75, 3.05) is 26.2 Å². The fourth-order valence-electron chi connectivity index (χ4n) is 5.88. The highest BCUT2D eigenvalue weighted by molar-refractivity contribution is 7.89. The summed E-state index contributed by atoms with van der Waals surface area (Å²) in [5, 5.41) is 1.96. The summed E-state index contributed by atoms with van der Waals surface area (Å²) in [6.45, 7) is 14.2. The van der Waals surface area contributed by atoms with Gasteiger partial charge in [-0.25, -0.2) is 8.42 Å². The second-order valence-electron chi connectivity index (χ2n) is 12.0. The molecule has 1 amide bonds. The maximum absolute atomic E-state index is 14.1. The van der Waals surface area contributed by atoms with Crippen LogP contribution in [0.4, 0.5) is 0 Å². The van der Waals surface area contributed by atoms with Crippen LogP contribution >= 0.6 is 0 Å². The summed E-state index contributed by atoms with van der Waals surface area (Å²) < 4.78 is 36.8. The first-order valence-electron chi connectivity index (χ1n) is 14.7. The van der Waals surface area contributed by atoms with E-state index < -0.39 is 24.4 Å². The molecule has 1 fully saturated rings. The Morgan fingerprint density at radius 3 is 1.95 bits per heavy atom. The quantitative estimate of drug-likeness (QED) is 0.212. The van der Waals surface area contributed by atoms with Crippen LogP contribution in [-0.4, -0.2) is 64.1 Å². The highest BCUT2D eigenvalue weighted by Gasteiger charge is 2.50. The van der Waals surface area contributed by atoms with E-state index in [0.717, 1.165) is 41.9 Å². The Kier molecular flexibility index (Phi) is 10.3. The minimum atomic E-state index is -3.95. The number of carbonyl (C=O) groups is 1. The molecule has 0 aliphatic carbocycles. The van der Waals surface area contributed by atoms with E-state index in [-0.39, 0.29) is 35.4 Å². The van der Waals surface area contributed by atoms with Crippen molar-refractivity contribution in [3.63, 3.8) is 0 Å². The monoisotopic (exact) mass is 604 g/mol. The van der Waals surface area contributed by atoms with E-state index >= 15 is 0 Å². The first kappa shape index (κ1) is 31.9. The van der Waals surface area contributed by atoms with Crippen LogP contribution in [0.15, 0.2) is 102 Å². The topological polar surface area (TPSA) is 66.9 Å². The zero-order chi connectivity index (χ0) is 30.4. The largest absolute Gasteiger partial charge is 0.405 e. The first-order valence-corrected chi connectivity index (χ1v) is 18.1. The van der Waals surface area contributed by atoms with Crippen molar-refractivity contribution in [1.82, 2.24) is 9.21 Å². The fraction of sp³-hybridized carbons (Fsp3) is 0.382. The van der Waals surface area contributed by atoms with Gasteiger partial charge >= 0.3 is 0 Å². The summed E-state index contributed by atoms with van der Waals surface area (Å²) in [4.78, 5) is 15.1. The van der Waals surface area contributed by atoms with Gasteiger partial charge < -0.3 is 9.33 Å². The Bertz CT molecular complexity index is 1390. The SMILES string of the molecule is C=C[C@H](CO[Si](c1ccccc1)(c1ccccc1)C(C)(C)C)N(CCC(=O)N1CCCC1)S(=O)(=O)c1ccc(C)cc1. The standard InChI is InChI=1S/C34H44N2O4SSi/c1-6-29(27-40-42(34(3,4)5,31-15-9-7-10-16-31)32-17-11-8-12-18-32)36(26-23-33(37)35-24-13-14-25-35)41(38,39)30-21-19-28(2)20-22-30/h6-12,15-22,29H,1,13-14,23-27H2,2-5H3/t29-/m1/s1. The van der Waals surface area contributed by atoms with E-state index in [2.05, 4.69) is 51.6 Å². The van der Waals surface area contributed by atoms with Crippen molar-refractivity contribution in [2.24, 2.45) is 0 Å². The number of likely N-dealkylation sites (tertiary alicyclic amines) is 1. The molecule has 3 aromatic rings. The lowest BCUT2D eigenvalue weighted by molar-refractivity contribution is -0.130. The molecule has 1 atom stereocenters. The molecule has 42 heavy (non-hydrogen) atoms. The minimum absolute atomic E-state index is 0.0210. The van der Waals surface area contributed by atoms with Crippen molar-refractivity contribution in [3.8, 4) is 0 Å². The van der Waals surface area contributed by atoms with Crippen molar-refractivity contribution in [1.29, 1.82) is 0 Å². The van der Waals surface area contributed by atoms with Crippen LogP contribution in [0.1, 0.15) is 45.6 Å². The third kappa shape index (κ3) is 6.78. The Labute approximate surface area is 253 Å². The second-order valence-corrected chi connectivity index (χ2v) is 18.2. The van der Waals surface area contributed by atoms with E-state index in [1.807, 2.05) is 48.2 Å². The van der Waals surface area contributed by atoms with Gasteiger partial charge in [0, 0.05) is 26.1 Å². The van der Waals surface area contributed by atoms with Crippen LogP contribution in [0.25, 0.3) is 0 Å². The van der Waals surface area contributed by atoms with Crippen LogP contribution in [0.3, 0.4) is 0 Å². The molecule has 0 radical (unpaired) electrons. The lowest BCUT2D eigenvalue weighted by atomic mass is 10.2. The Morgan fingerprint density at radius 1 is 0.952 bits per heavy atom. The maximum atomic E-state index is 14.1. The normalized spacial score (nSPS) is 15.1. The Morgan fingerprint density at radius 2 is 1.48 bits per heavy atom. The van der Waals surface area contributed by atoms with Gasteiger partial charge in [0.2, 0.25) is 15.9 Å². The number of hydrogen-bond donors (Lipinski definition) is 0. The van der Waals surface area contributed by atoms with E-state index in [1.54, 1.807) is 30.3 Å². The lowest BCUT2D eigenvalue weighted by Crippen LogP contribution is -2.67. The van der Waals surface area contributed by atoms with Crippen molar-refractivity contribution >= 4 is 34.6 Å². The van der Waals surface area contributed by atoms with Gasteiger partial charge in [-0.15, -0.1) is 6.58 Å². The summed E-state index contributed by atoms with van der Waals surface area (Å²) in [5.41, 5.74) is 0.972. The van der Waals surface area contributed by atoms with E-state index in [4.69, 9.17) is 4.43 Å². The van der Waals surface area contributed by atoms with Crippen molar-refractivity contribution < 1.29 is 17.6 Å². The molecule has 0 bridgehead atoms. The lowest BCUT2D eigenvalue weighted by Gasteiger charge is -2.44.